The predicted molar refractivity (Wildman–Crippen MR) is 131 cm³/mol. The highest BCUT2D eigenvalue weighted by molar-refractivity contribution is 5.79. The summed E-state index contributed by atoms with van der Waals surface area (Å²) in [5.41, 5.74) is 3.90. The SMILES string of the molecule is CCCCCn1c(CC=O)cc2cnc(Nc3ccc(N4CCN(C(C)=O)CC4)cc3)nc21. The topological polar surface area (TPSA) is 83.4 Å². The van der Waals surface area contributed by atoms with Crippen LogP contribution in [0.25, 0.3) is 11.0 Å². The normalized spacial score (nSPS) is 14.0. The Labute approximate surface area is 194 Å². The molecule has 1 fully saturated rings. The summed E-state index contributed by atoms with van der Waals surface area (Å²) >= 11 is 0. The highest BCUT2D eigenvalue weighted by Gasteiger charge is 2.18. The number of carbonyl (C=O) groups is 2. The van der Waals surface area contributed by atoms with Crippen LogP contribution in [0.5, 0.6) is 0 Å². The van der Waals surface area contributed by atoms with Crippen molar-refractivity contribution in [1.29, 1.82) is 0 Å². The Morgan fingerprint density at radius 1 is 1.12 bits per heavy atom. The van der Waals surface area contributed by atoms with E-state index < -0.39 is 0 Å². The third-order valence-corrected chi connectivity index (χ3v) is 6.21. The van der Waals surface area contributed by atoms with Crippen molar-refractivity contribution in [1.82, 2.24) is 19.4 Å². The number of piperazine rings is 1. The van der Waals surface area contributed by atoms with Crippen LogP contribution in [-0.2, 0) is 22.6 Å². The van der Waals surface area contributed by atoms with E-state index >= 15 is 0 Å². The summed E-state index contributed by atoms with van der Waals surface area (Å²) in [6, 6.07) is 10.2. The lowest BCUT2D eigenvalue weighted by molar-refractivity contribution is -0.129. The van der Waals surface area contributed by atoms with Gasteiger partial charge in [0.2, 0.25) is 11.9 Å². The Hall–Kier alpha value is -3.42. The predicted octanol–water partition coefficient (Wildman–Crippen LogP) is 3.78. The molecule has 174 valence electrons. The van der Waals surface area contributed by atoms with Crippen molar-refractivity contribution in [3.63, 3.8) is 0 Å². The van der Waals surface area contributed by atoms with Crippen LogP contribution in [0.4, 0.5) is 17.3 Å². The summed E-state index contributed by atoms with van der Waals surface area (Å²) in [6.45, 7) is 7.85. The van der Waals surface area contributed by atoms with Crippen LogP contribution >= 0.6 is 0 Å². The van der Waals surface area contributed by atoms with Crippen LogP contribution in [0.15, 0.2) is 36.5 Å². The number of nitrogens with one attached hydrogen (secondary N) is 1. The number of aldehydes is 1. The number of benzene rings is 1. The lowest BCUT2D eigenvalue weighted by atomic mass is 10.2. The second-order valence-electron chi connectivity index (χ2n) is 8.50. The van der Waals surface area contributed by atoms with E-state index in [9.17, 15) is 9.59 Å². The fourth-order valence-corrected chi connectivity index (χ4v) is 4.34. The molecule has 1 saturated heterocycles. The van der Waals surface area contributed by atoms with Gasteiger partial charge in [0.1, 0.15) is 11.9 Å². The van der Waals surface area contributed by atoms with E-state index in [1.807, 2.05) is 29.3 Å². The van der Waals surface area contributed by atoms with Crippen molar-refractivity contribution in [2.24, 2.45) is 0 Å². The van der Waals surface area contributed by atoms with E-state index in [1.54, 1.807) is 6.92 Å². The number of carbonyl (C=O) groups excluding carboxylic acids is 2. The van der Waals surface area contributed by atoms with Gasteiger partial charge in [-0.15, -0.1) is 0 Å². The van der Waals surface area contributed by atoms with Crippen LogP contribution in [0.1, 0.15) is 38.8 Å². The Bertz CT molecular complexity index is 1100. The minimum atomic E-state index is 0.140. The lowest BCUT2D eigenvalue weighted by Gasteiger charge is -2.35. The quantitative estimate of drug-likeness (QED) is 0.396. The van der Waals surface area contributed by atoms with Gasteiger partial charge in [0.15, 0.2) is 0 Å². The second-order valence-corrected chi connectivity index (χ2v) is 8.50. The highest BCUT2D eigenvalue weighted by atomic mass is 16.2. The van der Waals surface area contributed by atoms with Gasteiger partial charge in [-0.3, -0.25) is 4.79 Å². The van der Waals surface area contributed by atoms with Gasteiger partial charge in [-0.2, -0.15) is 4.98 Å². The summed E-state index contributed by atoms with van der Waals surface area (Å²) in [4.78, 5) is 36.1. The fraction of sp³-hybridized carbons (Fsp3) is 0.440. The molecule has 0 unspecified atom stereocenters. The van der Waals surface area contributed by atoms with E-state index in [0.29, 0.717) is 12.4 Å². The molecule has 0 atom stereocenters. The van der Waals surface area contributed by atoms with Crippen molar-refractivity contribution in [3.05, 3.63) is 42.2 Å². The Morgan fingerprint density at radius 2 is 1.88 bits per heavy atom. The number of amides is 1. The standard InChI is InChI=1S/C25H32N6O2/c1-3-4-5-11-31-23(10-16-32)17-20-18-26-25(28-24(20)31)27-21-6-8-22(9-7-21)30-14-12-29(13-15-30)19(2)33/h6-9,16-18H,3-5,10-15H2,1-2H3,(H,26,27,28). The van der Waals surface area contributed by atoms with Crippen molar-refractivity contribution < 1.29 is 9.59 Å². The van der Waals surface area contributed by atoms with Crippen LogP contribution < -0.4 is 10.2 Å². The molecule has 3 heterocycles. The molecule has 1 amide bonds. The third-order valence-electron chi connectivity index (χ3n) is 6.21. The van der Waals surface area contributed by atoms with Crippen LogP contribution in [0.2, 0.25) is 0 Å². The van der Waals surface area contributed by atoms with Crippen LogP contribution in [-0.4, -0.2) is 57.8 Å². The Morgan fingerprint density at radius 3 is 2.55 bits per heavy atom. The minimum Gasteiger partial charge on any atom is -0.368 e. The van der Waals surface area contributed by atoms with Crippen molar-refractivity contribution in [3.8, 4) is 0 Å². The summed E-state index contributed by atoms with van der Waals surface area (Å²) in [6.07, 6.45) is 6.49. The van der Waals surface area contributed by atoms with Crippen molar-refractivity contribution >= 4 is 40.5 Å². The first-order valence-corrected chi connectivity index (χ1v) is 11.8. The molecule has 8 nitrogen and oxygen atoms in total. The molecule has 2 aromatic heterocycles. The summed E-state index contributed by atoms with van der Waals surface area (Å²) in [7, 11) is 0. The van der Waals surface area contributed by atoms with Crippen molar-refractivity contribution in [2.45, 2.75) is 46.1 Å². The summed E-state index contributed by atoms with van der Waals surface area (Å²) in [5.74, 6) is 0.679. The lowest BCUT2D eigenvalue weighted by Crippen LogP contribution is -2.48. The smallest absolute Gasteiger partial charge is 0.229 e. The van der Waals surface area contributed by atoms with Gasteiger partial charge in [0, 0.05) is 74.7 Å². The molecular formula is C25H32N6O2. The molecule has 0 saturated carbocycles. The van der Waals surface area contributed by atoms with Gasteiger partial charge in [0.05, 0.1) is 0 Å². The number of aryl methyl sites for hydroxylation is 1. The summed E-state index contributed by atoms with van der Waals surface area (Å²) < 4.78 is 2.15. The number of hydrogen-bond acceptors (Lipinski definition) is 6. The molecule has 1 aliphatic rings. The highest BCUT2D eigenvalue weighted by Crippen LogP contribution is 2.24. The van der Waals surface area contributed by atoms with Gasteiger partial charge >= 0.3 is 0 Å². The first-order chi connectivity index (χ1) is 16.1. The minimum absolute atomic E-state index is 0.140. The van der Waals surface area contributed by atoms with E-state index in [1.165, 1.54) is 0 Å². The molecule has 1 aromatic carbocycles. The number of fused-ring (bicyclic) bond motifs is 1. The Balaban J connectivity index is 1.47. The molecule has 3 aromatic rings. The molecule has 4 rings (SSSR count). The Kier molecular flexibility index (Phi) is 7.22. The number of anilines is 3. The number of aromatic nitrogens is 3. The third kappa shape index (κ3) is 5.32. The number of hydrogen-bond donors (Lipinski definition) is 1. The zero-order valence-electron chi connectivity index (χ0n) is 19.5. The van der Waals surface area contributed by atoms with Gasteiger partial charge in [-0.1, -0.05) is 19.8 Å². The van der Waals surface area contributed by atoms with Gasteiger partial charge in [-0.25, -0.2) is 4.98 Å². The molecule has 8 heteroatoms. The van der Waals surface area contributed by atoms with E-state index in [2.05, 4.69) is 38.8 Å². The monoisotopic (exact) mass is 448 g/mol. The number of rotatable bonds is 9. The van der Waals surface area contributed by atoms with Gasteiger partial charge < -0.3 is 24.5 Å². The zero-order valence-corrected chi connectivity index (χ0v) is 19.5. The first kappa shape index (κ1) is 22.8. The average Bonchev–Trinajstić information content (AvgIpc) is 3.16. The fourth-order valence-electron chi connectivity index (χ4n) is 4.34. The average molecular weight is 449 g/mol. The van der Waals surface area contributed by atoms with Gasteiger partial charge in [0.25, 0.3) is 0 Å². The maximum Gasteiger partial charge on any atom is 0.229 e. The molecule has 1 aliphatic heterocycles. The molecule has 0 spiro atoms. The van der Waals surface area contributed by atoms with Gasteiger partial charge in [-0.05, 0) is 36.8 Å². The number of unbranched alkanes of at least 4 members (excludes halogenated alkanes) is 2. The maximum atomic E-state index is 11.5. The zero-order chi connectivity index (χ0) is 23.2. The summed E-state index contributed by atoms with van der Waals surface area (Å²) in [5, 5.41) is 4.26. The van der Waals surface area contributed by atoms with Crippen LogP contribution in [0.3, 0.4) is 0 Å². The molecule has 0 bridgehead atoms. The number of nitrogens with zero attached hydrogens (tertiary/aromatic N) is 5. The largest absolute Gasteiger partial charge is 0.368 e. The maximum absolute atomic E-state index is 11.5. The van der Waals surface area contributed by atoms with E-state index in [0.717, 1.165) is 86.4 Å². The van der Waals surface area contributed by atoms with Crippen molar-refractivity contribution in [2.75, 3.05) is 36.4 Å². The molecule has 1 N–H and O–H groups in total. The first-order valence-electron chi connectivity index (χ1n) is 11.8. The molecule has 0 radical (unpaired) electrons. The molecule has 0 aliphatic carbocycles. The van der Waals surface area contributed by atoms with E-state index in [-0.39, 0.29) is 5.91 Å². The van der Waals surface area contributed by atoms with E-state index in [4.69, 9.17) is 4.98 Å². The second kappa shape index (κ2) is 10.5. The van der Waals surface area contributed by atoms with Crippen LogP contribution in [0, 0.1) is 0 Å². The molecular weight excluding hydrogens is 416 g/mol. The molecule has 33 heavy (non-hydrogen) atoms.